The van der Waals surface area contributed by atoms with E-state index in [1.165, 1.54) is 4.90 Å². The zero-order valence-electron chi connectivity index (χ0n) is 15.5. The molecule has 27 heavy (non-hydrogen) atoms. The van der Waals surface area contributed by atoms with Crippen LogP contribution in [0.1, 0.15) is 30.1 Å². The Kier molecular flexibility index (Phi) is 6.29. The number of carbonyl (C=O) groups is 2. The smallest absolute Gasteiger partial charge is 0.254 e. The summed E-state index contributed by atoms with van der Waals surface area (Å²) in [5.41, 5.74) is 0.452. The van der Waals surface area contributed by atoms with Crippen LogP contribution in [0.5, 0.6) is 5.75 Å². The summed E-state index contributed by atoms with van der Waals surface area (Å²) in [5.74, 6) is 0.385. The topological polar surface area (TPSA) is 78.9 Å². The fourth-order valence-corrected chi connectivity index (χ4v) is 3.47. The molecule has 1 aromatic rings. The number of rotatable bonds is 6. The van der Waals surface area contributed by atoms with Gasteiger partial charge in [0, 0.05) is 25.1 Å². The maximum absolute atomic E-state index is 12.9. The van der Waals surface area contributed by atoms with Crippen molar-refractivity contribution in [3.8, 4) is 5.75 Å². The molecule has 3 atom stereocenters. The Balaban J connectivity index is 1.66. The van der Waals surface area contributed by atoms with Crippen molar-refractivity contribution in [1.29, 1.82) is 0 Å². The molecule has 0 bridgehead atoms. The number of hydrogen-bond donors (Lipinski definition) is 2. The number of amides is 2. The molecule has 0 radical (unpaired) electrons. The quantitative estimate of drug-likeness (QED) is 0.802. The third kappa shape index (κ3) is 4.77. The van der Waals surface area contributed by atoms with Crippen LogP contribution in [0.4, 0.5) is 0 Å². The Bertz CT molecular complexity index is 743. The summed E-state index contributed by atoms with van der Waals surface area (Å²) in [4.78, 5) is 27.1. The van der Waals surface area contributed by atoms with Gasteiger partial charge in [0.05, 0.1) is 12.7 Å². The molecule has 1 saturated heterocycles. The van der Waals surface area contributed by atoms with Crippen LogP contribution in [0.15, 0.2) is 48.6 Å². The van der Waals surface area contributed by atoms with Crippen LogP contribution >= 0.6 is 0 Å². The van der Waals surface area contributed by atoms with Gasteiger partial charge in [0.1, 0.15) is 11.8 Å². The lowest BCUT2D eigenvalue weighted by Gasteiger charge is -2.25. The van der Waals surface area contributed by atoms with Gasteiger partial charge < -0.3 is 20.1 Å². The Hall–Kier alpha value is -2.60. The van der Waals surface area contributed by atoms with Crippen LogP contribution in [-0.2, 0) is 4.79 Å². The van der Waals surface area contributed by atoms with E-state index in [4.69, 9.17) is 4.74 Å². The van der Waals surface area contributed by atoms with Gasteiger partial charge in [-0.15, -0.1) is 0 Å². The van der Waals surface area contributed by atoms with Gasteiger partial charge >= 0.3 is 0 Å². The lowest BCUT2D eigenvalue weighted by Crippen LogP contribution is -2.46. The normalized spacial score (nSPS) is 24.1. The lowest BCUT2D eigenvalue weighted by atomic mass is 10.0. The largest absolute Gasteiger partial charge is 0.494 e. The predicted octanol–water partition coefficient (Wildman–Crippen LogP) is 1.91. The molecule has 1 heterocycles. The molecule has 0 saturated carbocycles. The highest BCUT2D eigenvalue weighted by Crippen LogP contribution is 2.23. The number of hydrogen-bond acceptors (Lipinski definition) is 4. The molecule has 0 spiro atoms. The summed E-state index contributed by atoms with van der Waals surface area (Å²) < 4.78 is 5.45. The number of nitrogens with one attached hydrogen (secondary N) is 1. The lowest BCUT2D eigenvalue weighted by molar-refractivity contribution is -0.125. The molecule has 1 aliphatic heterocycles. The van der Waals surface area contributed by atoms with Crippen molar-refractivity contribution < 1.29 is 19.4 Å². The van der Waals surface area contributed by atoms with E-state index in [1.54, 1.807) is 24.3 Å². The molecular formula is C21H26N2O4. The first-order valence-electron chi connectivity index (χ1n) is 9.41. The molecule has 1 fully saturated rings. The van der Waals surface area contributed by atoms with Crippen molar-refractivity contribution in [3.63, 3.8) is 0 Å². The van der Waals surface area contributed by atoms with Crippen molar-refractivity contribution in [2.45, 2.75) is 31.9 Å². The van der Waals surface area contributed by atoms with Crippen molar-refractivity contribution >= 4 is 11.8 Å². The van der Waals surface area contributed by atoms with Crippen LogP contribution < -0.4 is 10.1 Å². The highest BCUT2D eigenvalue weighted by Gasteiger charge is 2.39. The fourth-order valence-electron chi connectivity index (χ4n) is 3.47. The minimum absolute atomic E-state index is 0.155. The molecule has 2 aliphatic rings. The molecule has 144 valence electrons. The Labute approximate surface area is 159 Å². The Morgan fingerprint density at radius 3 is 2.93 bits per heavy atom. The van der Waals surface area contributed by atoms with Crippen LogP contribution in [-0.4, -0.2) is 53.7 Å². The number of nitrogens with zero attached hydrogens (tertiary/aromatic N) is 1. The predicted molar refractivity (Wildman–Crippen MR) is 102 cm³/mol. The third-order valence-corrected chi connectivity index (χ3v) is 4.84. The first-order chi connectivity index (χ1) is 13.1. The van der Waals surface area contributed by atoms with Crippen LogP contribution in [0, 0.1) is 5.92 Å². The molecule has 2 amide bonds. The van der Waals surface area contributed by atoms with E-state index in [0.717, 1.165) is 6.42 Å². The molecule has 6 heteroatoms. The maximum atomic E-state index is 12.9. The van der Waals surface area contributed by atoms with Gasteiger partial charge in [-0.05, 0) is 37.5 Å². The van der Waals surface area contributed by atoms with E-state index < -0.39 is 12.1 Å². The molecule has 0 aromatic heterocycles. The molecule has 1 aromatic carbocycles. The van der Waals surface area contributed by atoms with E-state index in [1.807, 2.05) is 19.1 Å². The average Bonchev–Trinajstić information content (AvgIpc) is 3.08. The zero-order chi connectivity index (χ0) is 19.2. The highest BCUT2D eigenvalue weighted by molar-refractivity contribution is 5.98. The summed E-state index contributed by atoms with van der Waals surface area (Å²) in [6, 6.07) is 6.25. The molecular weight excluding hydrogens is 344 g/mol. The number of likely N-dealkylation sites (tertiary alicyclic amines) is 1. The monoisotopic (exact) mass is 370 g/mol. The van der Waals surface area contributed by atoms with E-state index in [0.29, 0.717) is 24.5 Å². The summed E-state index contributed by atoms with van der Waals surface area (Å²) >= 11 is 0. The van der Waals surface area contributed by atoms with Gasteiger partial charge in [0.25, 0.3) is 5.91 Å². The average molecular weight is 370 g/mol. The van der Waals surface area contributed by atoms with Crippen molar-refractivity contribution in [1.82, 2.24) is 10.2 Å². The van der Waals surface area contributed by atoms with Crippen molar-refractivity contribution in [3.05, 3.63) is 54.1 Å². The minimum atomic E-state index is -0.697. The summed E-state index contributed by atoms with van der Waals surface area (Å²) in [5, 5.41) is 13.0. The number of carbonyl (C=O) groups excluding carboxylic acids is 2. The summed E-state index contributed by atoms with van der Waals surface area (Å²) in [6.07, 6.45) is 8.53. The maximum Gasteiger partial charge on any atom is 0.254 e. The zero-order valence-corrected chi connectivity index (χ0v) is 15.5. The van der Waals surface area contributed by atoms with Crippen LogP contribution in [0.25, 0.3) is 0 Å². The molecule has 1 aliphatic carbocycles. The van der Waals surface area contributed by atoms with Crippen molar-refractivity contribution in [2.24, 2.45) is 5.92 Å². The number of ether oxygens (including phenoxy) is 1. The molecule has 3 unspecified atom stereocenters. The van der Waals surface area contributed by atoms with Crippen LogP contribution in [0.3, 0.4) is 0 Å². The standard InChI is InChI=1S/C21H26N2O4/c1-2-27-18-10-6-9-16(11-18)21(26)23-14-17(24)12-19(23)20(25)22-13-15-7-4-3-5-8-15/h3-7,9-11,15,17,19,24H,2,8,12-14H2,1H3,(H,22,25). The van der Waals surface area contributed by atoms with Gasteiger partial charge in [0.15, 0.2) is 0 Å². The second-order valence-corrected chi connectivity index (χ2v) is 6.88. The van der Waals surface area contributed by atoms with Crippen LogP contribution in [0.2, 0.25) is 0 Å². The minimum Gasteiger partial charge on any atom is -0.494 e. The number of allylic oxidation sites excluding steroid dienone is 3. The number of aliphatic hydroxyl groups is 1. The SMILES string of the molecule is CCOc1cccc(C(=O)N2CC(O)CC2C(=O)NCC2C=CC=CC2)c1. The summed E-state index contributed by atoms with van der Waals surface area (Å²) in [7, 11) is 0. The van der Waals surface area contributed by atoms with Gasteiger partial charge in [0.2, 0.25) is 5.91 Å². The number of aliphatic hydroxyl groups excluding tert-OH is 1. The third-order valence-electron chi connectivity index (χ3n) is 4.84. The highest BCUT2D eigenvalue weighted by atomic mass is 16.5. The van der Waals surface area contributed by atoms with E-state index >= 15 is 0 Å². The van der Waals surface area contributed by atoms with Gasteiger partial charge in [-0.2, -0.15) is 0 Å². The number of benzene rings is 1. The first-order valence-corrected chi connectivity index (χ1v) is 9.41. The Morgan fingerprint density at radius 2 is 2.19 bits per heavy atom. The molecule has 2 N–H and O–H groups in total. The first kappa shape index (κ1) is 19.2. The summed E-state index contributed by atoms with van der Waals surface area (Å²) in [6.45, 7) is 3.06. The molecule has 6 nitrogen and oxygen atoms in total. The van der Waals surface area contributed by atoms with Crippen molar-refractivity contribution in [2.75, 3.05) is 19.7 Å². The van der Waals surface area contributed by atoms with E-state index in [9.17, 15) is 14.7 Å². The second-order valence-electron chi connectivity index (χ2n) is 6.88. The van der Waals surface area contributed by atoms with E-state index in [-0.39, 0.29) is 30.7 Å². The van der Waals surface area contributed by atoms with E-state index in [2.05, 4.69) is 17.5 Å². The molecule has 3 rings (SSSR count). The number of β-amino-alcohol motifs (C(OH)–C–C–N with tert-alkyl or cyclic N) is 1. The van der Waals surface area contributed by atoms with Gasteiger partial charge in [-0.1, -0.05) is 30.4 Å². The fraction of sp³-hybridized carbons (Fsp3) is 0.429. The van der Waals surface area contributed by atoms with Gasteiger partial charge in [-0.25, -0.2) is 0 Å². The Morgan fingerprint density at radius 1 is 1.33 bits per heavy atom. The van der Waals surface area contributed by atoms with Gasteiger partial charge in [-0.3, -0.25) is 9.59 Å². The second kappa shape index (κ2) is 8.86.